The van der Waals surface area contributed by atoms with Gasteiger partial charge in [-0.1, -0.05) is 110 Å². The van der Waals surface area contributed by atoms with Crippen LogP contribution in [-0.2, 0) is 60.8 Å². The molecule has 0 saturated carbocycles. The predicted molar refractivity (Wildman–Crippen MR) is 298 cm³/mol. The van der Waals surface area contributed by atoms with Gasteiger partial charge in [-0.25, -0.2) is 5.06 Å². The molecule has 6 amide bonds. The summed E-state index contributed by atoms with van der Waals surface area (Å²) in [4.78, 5) is 98.9. The van der Waals surface area contributed by atoms with Crippen molar-refractivity contribution >= 4 is 46.3 Å². The van der Waals surface area contributed by atoms with Crippen LogP contribution < -0.4 is 16.0 Å². The summed E-state index contributed by atoms with van der Waals surface area (Å²) >= 11 is 0. The topological polar surface area (TPSA) is 204 Å². The van der Waals surface area contributed by atoms with Crippen LogP contribution in [0.5, 0.6) is 0 Å². The minimum atomic E-state index is -0.909. The molecule has 77 heavy (non-hydrogen) atoms. The normalized spacial score (nSPS) is 18.1. The highest BCUT2D eigenvalue weighted by atomic mass is 16.7. The second-order valence-electron chi connectivity index (χ2n) is 22.0. The van der Waals surface area contributed by atoms with E-state index in [1.54, 1.807) is 38.0 Å². The number of hydrogen-bond donors (Lipinski definition) is 4. The Bertz CT molecular complexity index is 2320. The maximum Gasteiger partial charge on any atom is 0.269 e. The molecule has 5 rings (SSSR count). The number of likely N-dealkylation sites (N-methyl/N-ethyl adjacent to an activating group) is 2. The molecule has 2 aliphatic heterocycles. The van der Waals surface area contributed by atoms with Gasteiger partial charge in [0.25, 0.3) is 5.91 Å². The minimum absolute atomic E-state index is 0.0273. The molecule has 18 heteroatoms. The maximum absolute atomic E-state index is 14.7. The van der Waals surface area contributed by atoms with Gasteiger partial charge in [0.05, 0.1) is 55.9 Å². The summed E-state index contributed by atoms with van der Waals surface area (Å²) in [5.41, 5.74) is 2.87. The number of carbonyl (C=O) groups is 6. The zero-order valence-electron chi connectivity index (χ0n) is 48.0. The van der Waals surface area contributed by atoms with Crippen molar-refractivity contribution in [1.29, 1.82) is 0 Å². The number of amides is 6. The number of hydroxylamine groups is 2. The second kappa shape index (κ2) is 31.3. The molecule has 1 aromatic heterocycles. The van der Waals surface area contributed by atoms with E-state index >= 15 is 0 Å². The number of methoxy groups -OCH3 is 2. The summed E-state index contributed by atoms with van der Waals surface area (Å²) < 4.78 is 17.8. The number of unbranched alkanes of at least 4 members (excludes halogenated alkanes) is 2. The Labute approximate surface area is 458 Å². The highest BCUT2D eigenvalue weighted by molar-refractivity contribution is 5.91. The number of fused-ring (bicyclic) bond motifs is 1. The van der Waals surface area contributed by atoms with Gasteiger partial charge in [-0.3, -0.25) is 38.5 Å². The smallest absolute Gasteiger partial charge is 0.269 e. The number of aromatic nitrogens is 1. The molecule has 18 nitrogen and oxygen atoms in total. The number of H-pyrrole nitrogens is 1. The van der Waals surface area contributed by atoms with Gasteiger partial charge < -0.3 is 44.9 Å². The number of ether oxygens (including phenoxy) is 3. The first-order chi connectivity index (χ1) is 36.9. The van der Waals surface area contributed by atoms with Crippen molar-refractivity contribution < 1.29 is 47.8 Å². The third kappa shape index (κ3) is 17.5. The Morgan fingerprint density at radius 1 is 0.831 bits per heavy atom. The molecule has 0 bridgehead atoms. The standard InChI is InChI=1S/C59H92N8O10/c1-12-41(6)54(65(9)59(73)52(39(2)3)63-57(71)53(40(4)5)64(8)30-20-14-17-29-50(68)61-38-76-37-43-24-15-13-16-25-43)49(74-10)35-51(69)66-31-23-28-48(66)55(75-11)42(7)56(70)62-47(58(72)67-32-21-22-33-77-67)34-44-36-60-46-27-19-18-26-45(44)46/h13,15-16,18-19,24-27,36,39-42,47-49,52-55,60H,12,14,17,20-23,28-35,37-38H2,1-11H3,(H,61,68)(H,62,70)(H,63,71)/t41-,42+,47-,48-,49+,52-,53-,54-,55+/m0/s1. The van der Waals surface area contributed by atoms with Crippen LogP contribution >= 0.6 is 0 Å². The molecule has 0 spiro atoms. The first-order valence-corrected chi connectivity index (χ1v) is 28.2. The van der Waals surface area contributed by atoms with Gasteiger partial charge in [0.2, 0.25) is 29.5 Å². The van der Waals surface area contributed by atoms with Crippen LogP contribution in [0.1, 0.15) is 124 Å². The van der Waals surface area contributed by atoms with E-state index in [0.29, 0.717) is 65.0 Å². The Kier molecular flexibility index (Phi) is 25.3. The van der Waals surface area contributed by atoms with Crippen LogP contribution in [0.2, 0.25) is 0 Å². The van der Waals surface area contributed by atoms with Gasteiger partial charge >= 0.3 is 0 Å². The van der Waals surface area contributed by atoms with E-state index in [1.807, 2.05) is 114 Å². The highest BCUT2D eigenvalue weighted by Crippen LogP contribution is 2.30. The fourth-order valence-corrected chi connectivity index (χ4v) is 11.2. The van der Waals surface area contributed by atoms with Crippen molar-refractivity contribution in [3.05, 3.63) is 71.9 Å². The number of nitrogens with one attached hydrogen (secondary N) is 4. The van der Waals surface area contributed by atoms with Crippen LogP contribution in [0.25, 0.3) is 10.9 Å². The third-order valence-corrected chi connectivity index (χ3v) is 15.7. The summed E-state index contributed by atoms with van der Waals surface area (Å²) in [7, 11) is 6.76. The lowest BCUT2D eigenvalue weighted by Gasteiger charge is -2.41. The van der Waals surface area contributed by atoms with Crippen molar-refractivity contribution in [2.45, 2.75) is 168 Å². The van der Waals surface area contributed by atoms with E-state index in [9.17, 15) is 28.8 Å². The van der Waals surface area contributed by atoms with E-state index < -0.39 is 48.3 Å². The predicted octanol–water partition coefficient (Wildman–Crippen LogP) is 6.62. The summed E-state index contributed by atoms with van der Waals surface area (Å²) in [6.07, 6.45) is 7.06. The van der Waals surface area contributed by atoms with Gasteiger partial charge in [0.15, 0.2) is 0 Å². The van der Waals surface area contributed by atoms with Crippen molar-refractivity contribution in [3.63, 3.8) is 0 Å². The largest absolute Gasteiger partial charge is 0.379 e. The first-order valence-electron chi connectivity index (χ1n) is 28.2. The van der Waals surface area contributed by atoms with Crippen molar-refractivity contribution in [1.82, 2.24) is 40.7 Å². The van der Waals surface area contributed by atoms with Gasteiger partial charge in [0.1, 0.15) is 18.8 Å². The molecule has 0 aliphatic carbocycles. The number of likely N-dealkylation sites (tertiary alicyclic amines) is 1. The van der Waals surface area contributed by atoms with E-state index in [1.165, 1.54) is 5.06 Å². The number of rotatable bonds is 31. The SMILES string of the molecule is CC[C@H](C)[C@@H]([C@@H](CC(=O)N1CCC[C@H]1[C@H](OC)[C@@H](C)C(=O)N[C@@H](Cc1c[nH]c2ccccc12)C(=O)N1CCCCO1)OC)N(C)C(=O)[C@@H](NC(=O)[C@H](C(C)C)N(C)CCCCCC(=O)NCOCc1ccccc1)C(C)C. The molecule has 2 aliphatic rings. The number of nitrogens with zero attached hydrogens (tertiary/aromatic N) is 4. The average molecular weight is 1070 g/mol. The zero-order valence-corrected chi connectivity index (χ0v) is 48.0. The molecule has 4 N–H and O–H groups in total. The van der Waals surface area contributed by atoms with Crippen LogP contribution in [0.3, 0.4) is 0 Å². The lowest BCUT2D eigenvalue weighted by Crippen LogP contribution is -2.60. The maximum atomic E-state index is 14.7. The van der Waals surface area contributed by atoms with E-state index in [2.05, 4.69) is 20.9 Å². The van der Waals surface area contributed by atoms with Crippen LogP contribution in [0.15, 0.2) is 60.8 Å². The van der Waals surface area contributed by atoms with Crippen molar-refractivity contribution in [3.8, 4) is 0 Å². The molecule has 2 aromatic carbocycles. The van der Waals surface area contributed by atoms with Gasteiger partial charge in [-0.05, 0) is 87.1 Å². The number of para-hydroxylation sites is 1. The number of hydrogen-bond acceptors (Lipinski definition) is 11. The number of aromatic amines is 1. The van der Waals surface area contributed by atoms with E-state index in [4.69, 9.17) is 19.0 Å². The summed E-state index contributed by atoms with van der Waals surface area (Å²) in [5, 5.41) is 11.3. The summed E-state index contributed by atoms with van der Waals surface area (Å²) in [6, 6.07) is 14.4. The molecule has 3 aromatic rings. The Morgan fingerprint density at radius 3 is 2.22 bits per heavy atom. The fourth-order valence-electron chi connectivity index (χ4n) is 11.2. The second-order valence-corrected chi connectivity index (χ2v) is 22.0. The summed E-state index contributed by atoms with van der Waals surface area (Å²) in [5.74, 6) is -2.57. The van der Waals surface area contributed by atoms with Gasteiger partial charge in [-0.15, -0.1) is 0 Å². The lowest BCUT2D eigenvalue weighted by molar-refractivity contribution is -0.199. The van der Waals surface area contributed by atoms with Crippen LogP contribution in [0, 0.1) is 23.7 Å². The minimum Gasteiger partial charge on any atom is -0.379 e. The molecule has 0 unspecified atom stereocenters. The zero-order chi connectivity index (χ0) is 56.2. The van der Waals surface area contributed by atoms with E-state index in [0.717, 1.165) is 47.7 Å². The average Bonchev–Trinajstić information content (AvgIpc) is 4.10. The molecular weight excluding hydrogens is 981 g/mol. The monoisotopic (exact) mass is 1070 g/mol. The lowest BCUT2D eigenvalue weighted by atomic mass is 9.89. The Hall–Kier alpha value is -5.40. The molecule has 0 radical (unpaired) electrons. The highest BCUT2D eigenvalue weighted by Gasteiger charge is 2.44. The molecule has 428 valence electrons. The van der Waals surface area contributed by atoms with Gasteiger partial charge in [0, 0.05) is 64.3 Å². The van der Waals surface area contributed by atoms with Gasteiger partial charge in [-0.2, -0.15) is 0 Å². The van der Waals surface area contributed by atoms with Crippen molar-refractivity contribution in [2.75, 3.05) is 61.3 Å². The van der Waals surface area contributed by atoms with E-state index in [-0.39, 0.29) is 72.8 Å². The molecule has 2 fully saturated rings. The molecular formula is C59H92N8O10. The Balaban J connectivity index is 1.19. The Morgan fingerprint density at radius 2 is 1.56 bits per heavy atom. The molecule has 9 atom stereocenters. The quantitative estimate of drug-likeness (QED) is 0.0399. The number of benzene rings is 2. The molecule has 3 heterocycles. The summed E-state index contributed by atoms with van der Waals surface area (Å²) in [6.45, 7) is 16.2. The van der Waals surface area contributed by atoms with Crippen LogP contribution in [0.4, 0.5) is 0 Å². The third-order valence-electron chi connectivity index (χ3n) is 15.7. The fraction of sp³-hybridized carbons (Fsp3) is 0.661. The first kappa shape index (κ1) is 62.4. The number of carbonyl (C=O) groups excluding carboxylic acids is 6. The van der Waals surface area contributed by atoms with Crippen LogP contribution in [-0.4, -0.2) is 164 Å². The molecule has 2 saturated heterocycles. The van der Waals surface area contributed by atoms with Crippen molar-refractivity contribution in [2.24, 2.45) is 23.7 Å².